The predicted molar refractivity (Wildman–Crippen MR) is 88.8 cm³/mol. The van der Waals surface area contributed by atoms with Gasteiger partial charge in [0.15, 0.2) is 0 Å². The molecule has 0 atom stereocenters. The number of nitrogens with one attached hydrogen (secondary N) is 1. The summed E-state index contributed by atoms with van der Waals surface area (Å²) in [6.07, 6.45) is 0.116. The van der Waals surface area contributed by atoms with Crippen LogP contribution in [-0.2, 0) is 14.8 Å². The maximum atomic E-state index is 12.4. The van der Waals surface area contributed by atoms with Crippen molar-refractivity contribution < 1.29 is 27.9 Å². The second-order valence-electron chi connectivity index (χ2n) is 6.42. The van der Waals surface area contributed by atoms with Gasteiger partial charge in [0, 0.05) is 24.1 Å². The van der Waals surface area contributed by atoms with Gasteiger partial charge < -0.3 is 10.4 Å². The van der Waals surface area contributed by atoms with Crippen molar-refractivity contribution in [2.24, 2.45) is 0 Å². The highest BCUT2D eigenvalue weighted by Crippen LogP contribution is 2.30. The van der Waals surface area contributed by atoms with Gasteiger partial charge in [0.2, 0.25) is 0 Å². The Morgan fingerprint density at radius 1 is 1.28 bits per heavy atom. The SMILES string of the molecule is CCN1C(=O)c2ccc(C(=O)NC(C)(C)CCC(=O)O)cc2S1(=O)=O. The fourth-order valence-corrected chi connectivity index (χ4v) is 4.19. The molecule has 0 aliphatic carbocycles. The van der Waals surface area contributed by atoms with E-state index in [1.807, 2.05) is 0 Å². The molecule has 136 valence electrons. The number of sulfonamides is 1. The minimum absolute atomic E-state index is 0.0135. The van der Waals surface area contributed by atoms with Crippen molar-refractivity contribution >= 4 is 27.8 Å². The zero-order chi connectivity index (χ0) is 19.0. The van der Waals surface area contributed by atoms with Crippen LogP contribution in [0.1, 0.15) is 54.3 Å². The molecule has 2 rings (SSSR count). The van der Waals surface area contributed by atoms with Crippen LogP contribution in [0.3, 0.4) is 0 Å². The zero-order valence-corrected chi connectivity index (χ0v) is 15.0. The predicted octanol–water partition coefficient (Wildman–Crippen LogP) is 1.22. The third-order valence-corrected chi connectivity index (χ3v) is 5.87. The van der Waals surface area contributed by atoms with Crippen LogP contribution < -0.4 is 5.32 Å². The fourth-order valence-electron chi connectivity index (χ4n) is 2.59. The Hall–Kier alpha value is -2.42. The number of carbonyl (C=O) groups excluding carboxylic acids is 2. The molecule has 9 heteroatoms. The lowest BCUT2D eigenvalue weighted by atomic mass is 9.97. The van der Waals surface area contributed by atoms with Crippen LogP contribution in [0.5, 0.6) is 0 Å². The van der Waals surface area contributed by atoms with Gasteiger partial charge in [0.25, 0.3) is 21.8 Å². The normalized spacial score (nSPS) is 15.8. The first-order valence-corrected chi connectivity index (χ1v) is 9.19. The fraction of sp³-hybridized carbons (Fsp3) is 0.438. The summed E-state index contributed by atoms with van der Waals surface area (Å²) in [5.74, 6) is -2.11. The number of rotatable bonds is 6. The Morgan fingerprint density at radius 2 is 1.92 bits per heavy atom. The highest BCUT2D eigenvalue weighted by molar-refractivity contribution is 7.90. The summed E-state index contributed by atoms with van der Waals surface area (Å²) in [5.41, 5.74) is -0.640. The molecule has 25 heavy (non-hydrogen) atoms. The summed E-state index contributed by atoms with van der Waals surface area (Å²) in [5, 5.41) is 11.4. The number of carboxylic acids is 1. The Bertz CT molecular complexity index is 844. The number of aliphatic carboxylic acids is 1. The lowest BCUT2D eigenvalue weighted by Crippen LogP contribution is -2.43. The van der Waals surface area contributed by atoms with Crippen LogP contribution in [0.4, 0.5) is 0 Å². The third kappa shape index (κ3) is 3.65. The maximum Gasteiger partial charge on any atom is 0.303 e. The molecule has 1 aromatic carbocycles. The van der Waals surface area contributed by atoms with Crippen molar-refractivity contribution in [1.29, 1.82) is 0 Å². The first-order valence-electron chi connectivity index (χ1n) is 7.75. The number of carbonyl (C=O) groups is 3. The molecule has 0 aromatic heterocycles. The number of hydrogen-bond donors (Lipinski definition) is 2. The van der Waals surface area contributed by atoms with E-state index in [2.05, 4.69) is 5.32 Å². The number of nitrogens with zero attached hydrogens (tertiary/aromatic N) is 1. The summed E-state index contributed by atoms with van der Waals surface area (Å²) >= 11 is 0. The van der Waals surface area contributed by atoms with Crippen LogP contribution in [-0.4, -0.2) is 47.7 Å². The third-order valence-electron chi connectivity index (χ3n) is 3.97. The largest absolute Gasteiger partial charge is 0.481 e. The van der Waals surface area contributed by atoms with E-state index in [-0.39, 0.29) is 35.4 Å². The number of amides is 2. The smallest absolute Gasteiger partial charge is 0.303 e. The van der Waals surface area contributed by atoms with Gasteiger partial charge >= 0.3 is 5.97 Å². The lowest BCUT2D eigenvalue weighted by Gasteiger charge is -2.25. The summed E-state index contributed by atoms with van der Waals surface area (Å²) in [6, 6.07) is 3.89. The molecule has 0 fully saturated rings. The molecule has 2 N–H and O–H groups in total. The maximum absolute atomic E-state index is 12.4. The van der Waals surface area contributed by atoms with E-state index in [4.69, 9.17) is 5.11 Å². The van der Waals surface area contributed by atoms with E-state index in [1.54, 1.807) is 20.8 Å². The quantitative estimate of drug-likeness (QED) is 0.779. The Kier molecular flexibility index (Phi) is 4.90. The van der Waals surface area contributed by atoms with E-state index < -0.39 is 33.3 Å². The van der Waals surface area contributed by atoms with Crippen molar-refractivity contribution in [1.82, 2.24) is 9.62 Å². The molecule has 1 aliphatic heterocycles. The molecule has 2 amide bonds. The van der Waals surface area contributed by atoms with Gasteiger partial charge in [-0.1, -0.05) is 0 Å². The second kappa shape index (κ2) is 6.47. The highest BCUT2D eigenvalue weighted by Gasteiger charge is 2.40. The molecule has 1 aromatic rings. The summed E-state index contributed by atoms with van der Waals surface area (Å²) in [7, 11) is -3.94. The van der Waals surface area contributed by atoms with Crippen LogP contribution in [0, 0.1) is 0 Å². The van der Waals surface area contributed by atoms with Crippen molar-refractivity contribution in [2.75, 3.05) is 6.54 Å². The van der Waals surface area contributed by atoms with E-state index in [0.29, 0.717) is 0 Å². The minimum atomic E-state index is -3.94. The van der Waals surface area contributed by atoms with E-state index in [1.165, 1.54) is 18.2 Å². The summed E-state index contributed by atoms with van der Waals surface area (Å²) < 4.78 is 25.5. The molecule has 0 saturated heterocycles. The van der Waals surface area contributed by atoms with Gasteiger partial charge in [-0.25, -0.2) is 12.7 Å². The Labute approximate surface area is 145 Å². The topological polar surface area (TPSA) is 121 Å². The standard InChI is InChI=1S/C16H20N2O6S/c1-4-18-15(22)11-6-5-10(9-12(11)25(18,23)24)14(21)17-16(2,3)8-7-13(19)20/h5-6,9H,4,7-8H2,1-3H3,(H,17,21)(H,19,20). The molecule has 0 unspecified atom stereocenters. The summed E-state index contributed by atoms with van der Waals surface area (Å²) in [4.78, 5) is 35.0. The molecule has 0 saturated carbocycles. The molecule has 8 nitrogen and oxygen atoms in total. The van der Waals surface area contributed by atoms with Crippen LogP contribution in [0.2, 0.25) is 0 Å². The molecular formula is C16H20N2O6S. The van der Waals surface area contributed by atoms with Crippen LogP contribution in [0.15, 0.2) is 23.1 Å². The van der Waals surface area contributed by atoms with Gasteiger partial charge in [-0.2, -0.15) is 0 Å². The first kappa shape index (κ1) is 18.9. The monoisotopic (exact) mass is 368 g/mol. The average Bonchev–Trinajstić information content (AvgIpc) is 2.71. The number of fused-ring (bicyclic) bond motifs is 1. The van der Waals surface area contributed by atoms with E-state index in [0.717, 1.165) is 4.31 Å². The van der Waals surface area contributed by atoms with Gasteiger partial charge in [0.1, 0.15) is 4.90 Å². The Morgan fingerprint density at radius 3 is 2.48 bits per heavy atom. The number of carboxylic acid groups (broad SMARTS) is 1. The number of hydrogen-bond acceptors (Lipinski definition) is 5. The molecule has 0 radical (unpaired) electrons. The minimum Gasteiger partial charge on any atom is -0.481 e. The Balaban J connectivity index is 2.28. The average molecular weight is 368 g/mol. The molecular weight excluding hydrogens is 348 g/mol. The highest BCUT2D eigenvalue weighted by atomic mass is 32.2. The lowest BCUT2D eigenvalue weighted by molar-refractivity contribution is -0.137. The van der Waals surface area contributed by atoms with E-state index in [9.17, 15) is 22.8 Å². The van der Waals surface area contributed by atoms with Gasteiger partial charge in [-0.3, -0.25) is 14.4 Å². The van der Waals surface area contributed by atoms with E-state index >= 15 is 0 Å². The van der Waals surface area contributed by atoms with Crippen molar-refractivity contribution in [3.05, 3.63) is 29.3 Å². The number of benzene rings is 1. The zero-order valence-electron chi connectivity index (χ0n) is 14.2. The van der Waals surface area contributed by atoms with Crippen molar-refractivity contribution in [2.45, 2.75) is 44.0 Å². The van der Waals surface area contributed by atoms with Crippen LogP contribution >= 0.6 is 0 Å². The molecule has 0 bridgehead atoms. The molecule has 0 spiro atoms. The second-order valence-corrected chi connectivity index (χ2v) is 8.25. The first-order chi connectivity index (χ1) is 11.5. The van der Waals surface area contributed by atoms with Crippen molar-refractivity contribution in [3.63, 3.8) is 0 Å². The van der Waals surface area contributed by atoms with Gasteiger partial charge in [0.05, 0.1) is 5.56 Å². The van der Waals surface area contributed by atoms with Gasteiger partial charge in [-0.15, -0.1) is 0 Å². The molecule has 1 heterocycles. The molecule has 1 aliphatic rings. The van der Waals surface area contributed by atoms with Crippen LogP contribution in [0.25, 0.3) is 0 Å². The van der Waals surface area contributed by atoms with Gasteiger partial charge in [-0.05, 0) is 45.4 Å². The summed E-state index contributed by atoms with van der Waals surface area (Å²) in [6.45, 7) is 4.93. The van der Waals surface area contributed by atoms with Crippen molar-refractivity contribution in [3.8, 4) is 0 Å².